The molecule has 2 nitrogen and oxygen atoms in total. The van der Waals surface area contributed by atoms with Crippen molar-refractivity contribution in [1.29, 1.82) is 0 Å². The second kappa shape index (κ2) is 4.81. The van der Waals surface area contributed by atoms with Crippen LogP contribution in [0.25, 0.3) is 21.9 Å². The first-order valence-electron chi connectivity index (χ1n) is 7.30. The van der Waals surface area contributed by atoms with E-state index in [0.29, 0.717) is 0 Å². The molecule has 0 spiro atoms. The maximum Gasteiger partial charge on any atom is 0.126 e. The Balaban J connectivity index is 1.95. The van der Waals surface area contributed by atoms with Gasteiger partial charge in [0.05, 0.1) is 7.11 Å². The summed E-state index contributed by atoms with van der Waals surface area (Å²) in [5, 5.41) is 5.85. The Morgan fingerprint density at radius 1 is 0.952 bits per heavy atom. The number of benzene rings is 3. The zero-order valence-electron chi connectivity index (χ0n) is 12.0. The third-order valence-corrected chi connectivity index (χ3v) is 4.23. The Hall–Kier alpha value is -2.48. The standard InChI is InChI=1S/C19H17NO/c1-21-19-9-8-15(16-4-2-3-5-17(16)19)14-7-6-13-10-11-20-18(13)12-14/h2-9,12,20H,10-11H2,1H3. The van der Waals surface area contributed by atoms with Gasteiger partial charge in [0.1, 0.15) is 5.75 Å². The minimum Gasteiger partial charge on any atom is -0.496 e. The van der Waals surface area contributed by atoms with E-state index in [1.165, 1.54) is 27.8 Å². The van der Waals surface area contributed by atoms with E-state index in [1.54, 1.807) is 7.11 Å². The lowest BCUT2D eigenvalue weighted by molar-refractivity contribution is 0.420. The molecule has 0 saturated heterocycles. The average molecular weight is 275 g/mol. The van der Waals surface area contributed by atoms with Crippen LogP contribution >= 0.6 is 0 Å². The van der Waals surface area contributed by atoms with E-state index in [9.17, 15) is 0 Å². The van der Waals surface area contributed by atoms with E-state index >= 15 is 0 Å². The van der Waals surface area contributed by atoms with Gasteiger partial charge >= 0.3 is 0 Å². The maximum absolute atomic E-state index is 5.48. The van der Waals surface area contributed by atoms with Crippen molar-refractivity contribution < 1.29 is 4.74 Å². The van der Waals surface area contributed by atoms with Crippen LogP contribution in [0.5, 0.6) is 5.75 Å². The quantitative estimate of drug-likeness (QED) is 0.744. The lowest BCUT2D eigenvalue weighted by atomic mass is 9.96. The Labute approximate surface area is 124 Å². The summed E-state index contributed by atoms with van der Waals surface area (Å²) in [5.41, 5.74) is 5.19. The summed E-state index contributed by atoms with van der Waals surface area (Å²) in [6.07, 6.45) is 1.12. The third-order valence-electron chi connectivity index (χ3n) is 4.23. The van der Waals surface area contributed by atoms with E-state index in [4.69, 9.17) is 4.74 Å². The number of rotatable bonds is 2. The van der Waals surface area contributed by atoms with Crippen LogP contribution in [0, 0.1) is 0 Å². The first-order chi connectivity index (χ1) is 10.4. The molecule has 104 valence electrons. The summed E-state index contributed by atoms with van der Waals surface area (Å²) < 4.78 is 5.48. The molecule has 4 rings (SSSR count). The summed E-state index contributed by atoms with van der Waals surface area (Å²) in [6, 6.07) is 19.3. The number of hydrogen-bond acceptors (Lipinski definition) is 2. The van der Waals surface area contributed by atoms with Gasteiger partial charge in [-0.05, 0) is 40.6 Å². The minimum atomic E-state index is 0.925. The fourth-order valence-corrected chi connectivity index (χ4v) is 3.16. The molecule has 2 heteroatoms. The van der Waals surface area contributed by atoms with Gasteiger partial charge in [-0.2, -0.15) is 0 Å². The first-order valence-corrected chi connectivity index (χ1v) is 7.30. The second-order valence-electron chi connectivity index (χ2n) is 5.41. The summed E-state index contributed by atoms with van der Waals surface area (Å²) in [7, 11) is 1.72. The molecule has 21 heavy (non-hydrogen) atoms. The van der Waals surface area contributed by atoms with Crippen LogP contribution in [0.1, 0.15) is 5.56 Å². The van der Waals surface area contributed by atoms with Gasteiger partial charge in [0.2, 0.25) is 0 Å². The Kier molecular flexibility index (Phi) is 2.81. The van der Waals surface area contributed by atoms with Crippen LogP contribution in [0.15, 0.2) is 54.6 Å². The van der Waals surface area contributed by atoms with Crippen molar-refractivity contribution in [3.8, 4) is 16.9 Å². The molecule has 0 fully saturated rings. The van der Waals surface area contributed by atoms with Gasteiger partial charge in [0.25, 0.3) is 0 Å². The molecule has 0 radical (unpaired) electrons. The molecule has 0 aliphatic carbocycles. The number of methoxy groups -OCH3 is 1. The smallest absolute Gasteiger partial charge is 0.126 e. The van der Waals surface area contributed by atoms with Crippen molar-refractivity contribution in [1.82, 2.24) is 0 Å². The van der Waals surface area contributed by atoms with E-state index in [1.807, 2.05) is 0 Å². The molecule has 3 aromatic carbocycles. The number of hydrogen-bond donors (Lipinski definition) is 1. The molecule has 1 heterocycles. The number of anilines is 1. The fraction of sp³-hybridized carbons (Fsp3) is 0.158. The molecule has 3 aromatic rings. The van der Waals surface area contributed by atoms with Gasteiger partial charge in [-0.15, -0.1) is 0 Å². The number of nitrogens with one attached hydrogen (secondary N) is 1. The molecule has 0 atom stereocenters. The van der Waals surface area contributed by atoms with Crippen molar-refractivity contribution in [3.63, 3.8) is 0 Å². The van der Waals surface area contributed by atoms with Gasteiger partial charge in [0, 0.05) is 17.6 Å². The second-order valence-corrected chi connectivity index (χ2v) is 5.41. The van der Waals surface area contributed by atoms with Crippen molar-refractivity contribution >= 4 is 16.5 Å². The van der Waals surface area contributed by atoms with Crippen LogP contribution < -0.4 is 10.1 Å². The molecular formula is C19H17NO. The van der Waals surface area contributed by atoms with Gasteiger partial charge in [-0.1, -0.05) is 42.5 Å². The molecule has 1 aliphatic rings. The fourth-order valence-electron chi connectivity index (χ4n) is 3.16. The van der Waals surface area contributed by atoms with Crippen LogP contribution in [0.4, 0.5) is 5.69 Å². The van der Waals surface area contributed by atoms with Gasteiger partial charge in [-0.25, -0.2) is 0 Å². The molecule has 0 aromatic heterocycles. The lowest BCUT2D eigenvalue weighted by Gasteiger charge is -2.12. The van der Waals surface area contributed by atoms with E-state index in [0.717, 1.165) is 24.1 Å². The van der Waals surface area contributed by atoms with Gasteiger partial charge in [0.15, 0.2) is 0 Å². The zero-order chi connectivity index (χ0) is 14.2. The van der Waals surface area contributed by atoms with Crippen LogP contribution in [0.3, 0.4) is 0 Å². The number of ether oxygens (including phenoxy) is 1. The largest absolute Gasteiger partial charge is 0.496 e. The highest BCUT2D eigenvalue weighted by Gasteiger charge is 2.13. The van der Waals surface area contributed by atoms with E-state index in [-0.39, 0.29) is 0 Å². The minimum absolute atomic E-state index is 0.925. The van der Waals surface area contributed by atoms with Crippen LogP contribution in [-0.2, 0) is 6.42 Å². The number of fused-ring (bicyclic) bond motifs is 2. The highest BCUT2D eigenvalue weighted by Crippen LogP contribution is 2.36. The zero-order valence-corrected chi connectivity index (χ0v) is 12.0. The van der Waals surface area contributed by atoms with E-state index in [2.05, 4.69) is 59.9 Å². The molecule has 0 bridgehead atoms. The molecule has 0 saturated carbocycles. The Bertz CT molecular complexity index is 823. The molecule has 0 unspecified atom stereocenters. The van der Waals surface area contributed by atoms with Crippen LogP contribution in [-0.4, -0.2) is 13.7 Å². The normalized spacial score (nSPS) is 13.0. The molecule has 1 N–H and O–H groups in total. The summed E-state index contributed by atoms with van der Waals surface area (Å²) in [4.78, 5) is 0. The summed E-state index contributed by atoms with van der Waals surface area (Å²) in [5.74, 6) is 0.925. The Morgan fingerprint density at radius 2 is 1.81 bits per heavy atom. The predicted molar refractivity (Wildman–Crippen MR) is 88.1 cm³/mol. The summed E-state index contributed by atoms with van der Waals surface area (Å²) in [6.45, 7) is 1.04. The van der Waals surface area contributed by atoms with E-state index < -0.39 is 0 Å². The van der Waals surface area contributed by atoms with Crippen molar-refractivity contribution in [2.24, 2.45) is 0 Å². The molecule has 1 aliphatic heterocycles. The van der Waals surface area contributed by atoms with Crippen molar-refractivity contribution in [2.45, 2.75) is 6.42 Å². The predicted octanol–water partition coefficient (Wildman–Crippen LogP) is 4.48. The van der Waals surface area contributed by atoms with Crippen LogP contribution in [0.2, 0.25) is 0 Å². The average Bonchev–Trinajstić information content (AvgIpc) is 3.01. The van der Waals surface area contributed by atoms with Gasteiger partial charge < -0.3 is 10.1 Å². The topological polar surface area (TPSA) is 21.3 Å². The Morgan fingerprint density at radius 3 is 2.67 bits per heavy atom. The highest BCUT2D eigenvalue weighted by atomic mass is 16.5. The molecule has 0 amide bonds. The monoisotopic (exact) mass is 275 g/mol. The van der Waals surface area contributed by atoms with Gasteiger partial charge in [-0.3, -0.25) is 0 Å². The highest BCUT2D eigenvalue weighted by molar-refractivity contribution is 6.00. The molecular weight excluding hydrogens is 258 g/mol. The first kappa shape index (κ1) is 12.3. The van der Waals surface area contributed by atoms with Crippen molar-refractivity contribution in [3.05, 3.63) is 60.2 Å². The third kappa shape index (κ3) is 1.95. The maximum atomic E-state index is 5.48. The van der Waals surface area contributed by atoms with Crippen molar-refractivity contribution in [2.75, 3.05) is 19.0 Å². The SMILES string of the molecule is COc1ccc(-c2ccc3c(c2)NCC3)c2ccccc12. The lowest BCUT2D eigenvalue weighted by Crippen LogP contribution is -1.91. The summed E-state index contributed by atoms with van der Waals surface area (Å²) >= 11 is 0.